The summed E-state index contributed by atoms with van der Waals surface area (Å²) in [6.45, 7) is 7.48. The van der Waals surface area contributed by atoms with Crippen LogP contribution in [-0.2, 0) is 14.3 Å². The summed E-state index contributed by atoms with van der Waals surface area (Å²) < 4.78 is 11.0. The summed E-state index contributed by atoms with van der Waals surface area (Å²) in [6.07, 6.45) is 1.68. The van der Waals surface area contributed by atoms with E-state index >= 15 is 0 Å². The first kappa shape index (κ1) is 18.5. The number of carbonyl (C=O) groups excluding carboxylic acids is 2. The lowest BCUT2D eigenvalue weighted by Crippen LogP contribution is -2.40. The number of carbonyl (C=O) groups is 2. The van der Waals surface area contributed by atoms with E-state index in [1.54, 1.807) is 0 Å². The van der Waals surface area contributed by atoms with Gasteiger partial charge in [0, 0.05) is 19.6 Å². The maximum Gasteiger partial charge on any atom is 0.277 e. The van der Waals surface area contributed by atoms with E-state index in [0.717, 1.165) is 24.2 Å². The van der Waals surface area contributed by atoms with E-state index < -0.39 is 0 Å². The monoisotopic (exact) mass is 358 g/mol. The molecule has 26 heavy (non-hydrogen) atoms. The van der Waals surface area contributed by atoms with Gasteiger partial charge in [-0.25, -0.2) is 0 Å². The molecule has 1 saturated heterocycles. The molecular weight excluding hydrogens is 332 g/mol. The summed E-state index contributed by atoms with van der Waals surface area (Å²) in [6, 6.07) is 7.44. The van der Waals surface area contributed by atoms with Gasteiger partial charge in [-0.05, 0) is 30.5 Å². The lowest BCUT2D eigenvalue weighted by atomic mass is 10.0. The van der Waals surface area contributed by atoms with E-state index in [2.05, 4.69) is 6.92 Å². The topological polar surface area (TPSA) is 59.1 Å². The van der Waals surface area contributed by atoms with Crippen LogP contribution in [0.2, 0.25) is 0 Å². The van der Waals surface area contributed by atoms with Gasteiger partial charge in [0.15, 0.2) is 0 Å². The van der Waals surface area contributed by atoms with Crippen molar-refractivity contribution < 1.29 is 19.1 Å². The number of ether oxygens (including phenoxy) is 2. The third-order valence-corrected chi connectivity index (χ3v) is 4.53. The standard InChI is InChI=1S/C20H26N2O4/c1-3-9-22-19(23)17(15-5-7-16(8-6-15)26-12-4-2)18(20(22)24)21-10-13-25-14-11-21/h5-8H,3-4,9-14H2,1-2H3. The van der Waals surface area contributed by atoms with Gasteiger partial charge in [-0.2, -0.15) is 0 Å². The van der Waals surface area contributed by atoms with Crippen molar-refractivity contribution in [3.05, 3.63) is 35.5 Å². The first-order chi connectivity index (χ1) is 12.7. The van der Waals surface area contributed by atoms with Gasteiger partial charge in [0.25, 0.3) is 11.8 Å². The smallest absolute Gasteiger partial charge is 0.277 e. The molecular formula is C20H26N2O4. The third kappa shape index (κ3) is 3.60. The van der Waals surface area contributed by atoms with E-state index in [1.807, 2.05) is 36.1 Å². The van der Waals surface area contributed by atoms with Crippen molar-refractivity contribution in [2.45, 2.75) is 26.7 Å². The molecule has 0 unspecified atom stereocenters. The van der Waals surface area contributed by atoms with Crippen LogP contribution >= 0.6 is 0 Å². The molecule has 2 amide bonds. The summed E-state index contributed by atoms with van der Waals surface area (Å²) in [5, 5.41) is 0. The molecule has 0 radical (unpaired) electrons. The largest absolute Gasteiger partial charge is 0.494 e. The molecule has 6 nitrogen and oxygen atoms in total. The number of morpholine rings is 1. The first-order valence-corrected chi connectivity index (χ1v) is 9.33. The molecule has 2 heterocycles. The highest BCUT2D eigenvalue weighted by Gasteiger charge is 2.41. The van der Waals surface area contributed by atoms with E-state index in [-0.39, 0.29) is 11.8 Å². The lowest BCUT2D eigenvalue weighted by molar-refractivity contribution is -0.137. The van der Waals surface area contributed by atoms with Gasteiger partial charge >= 0.3 is 0 Å². The Kier molecular flexibility index (Phi) is 5.93. The predicted octanol–water partition coefficient (Wildman–Crippen LogP) is 2.30. The third-order valence-electron chi connectivity index (χ3n) is 4.53. The molecule has 140 valence electrons. The van der Waals surface area contributed by atoms with Gasteiger partial charge in [-0.1, -0.05) is 26.0 Å². The van der Waals surface area contributed by atoms with Gasteiger partial charge in [0.05, 0.1) is 25.4 Å². The Morgan fingerprint density at radius 1 is 1.00 bits per heavy atom. The molecule has 1 aromatic carbocycles. The van der Waals surface area contributed by atoms with Crippen LogP contribution in [0.25, 0.3) is 5.57 Å². The second-order valence-electron chi connectivity index (χ2n) is 6.46. The van der Waals surface area contributed by atoms with Crippen molar-refractivity contribution >= 4 is 17.4 Å². The van der Waals surface area contributed by atoms with Gasteiger partial charge in [-0.3, -0.25) is 14.5 Å². The molecule has 6 heteroatoms. The van der Waals surface area contributed by atoms with Crippen molar-refractivity contribution in [3.8, 4) is 5.75 Å². The molecule has 0 saturated carbocycles. The number of nitrogens with zero attached hydrogens (tertiary/aromatic N) is 2. The van der Waals surface area contributed by atoms with Crippen molar-refractivity contribution in [1.29, 1.82) is 0 Å². The van der Waals surface area contributed by atoms with E-state index in [0.29, 0.717) is 50.7 Å². The van der Waals surface area contributed by atoms with Crippen molar-refractivity contribution in [2.24, 2.45) is 0 Å². The Hall–Kier alpha value is -2.34. The number of rotatable bonds is 7. The summed E-state index contributed by atoms with van der Waals surface area (Å²) in [7, 11) is 0. The predicted molar refractivity (Wildman–Crippen MR) is 98.6 cm³/mol. The highest BCUT2D eigenvalue weighted by Crippen LogP contribution is 2.33. The number of benzene rings is 1. The maximum absolute atomic E-state index is 13.0. The Balaban J connectivity index is 1.96. The molecule has 0 N–H and O–H groups in total. The van der Waals surface area contributed by atoms with Crippen LogP contribution in [0.5, 0.6) is 5.75 Å². The quantitative estimate of drug-likeness (QED) is 0.700. The molecule has 1 aromatic rings. The maximum atomic E-state index is 13.0. The fraction of sp³-hybridized carbons (Fsp3) is 0.500. The van der Waals surface area contributed by atoms with E-state index in [4.69, 9.17) is 9.47 Å². The van der Waals surface area contributed by atoms with Crippen molar-refractivity contribution in [3.63, 3.8) is 0 Å². The zero-order chi connectivity index (χ0) is 18.5. The van der Waals surface area contributed by atoms with Crippen LogP contribution in [-0.4, -0.2) is 61.1 Å². The van der Waals surface area contributed by atoms with Crippen LogP contribution in [0.1, 0.15) is 32.3 Å². The summed E-state index contributed by atoms with van der Waals surface area (Å²) in [5.41, 5.74) is 1.76. The molecule has 2 aliphatic rings. The second kappa shape index (κ2) is 8.36. The van der Waals surface area contributed by atoms with Crippen molar-refractivity contribution in [2.75, 3.05) is 39.5 Å². The lowest BCUT2D eigenvalue weighted by Gasteiger charge is -2.29. The molecule has 0 aromatic heterocycles. The van der Waals surface area contributed by atoms with Crippen LogP contribution in [0, 0.1) is 0 Å². The van der Waals surface area contributed by atoms with Gasteiger partial charge in [0.2, 0.25) is 0 Å². The molecule has 1 fully saturated rings. The highest BCUT2D eigenvalue weighted by molar-refractivity contribution is 6.35. The Bertz CT molecular complexity index is 690. The molecule has 0 bridgehead atoms. The molecule has 0 aliphatic carbocycles. The number of imide groups is 1. The van der Waals surface area contributed by atoms with Gasteiger partial charge in [-0.15, -0.1) is 0 Å². The van der Waals surface area contributed by atoms with Crippen LogP contribution in [0.4, 0.5) is 0 Å². The zero-order valence-corrected chi connectivity index (χ0v) is 15.5. The Labute approximate surface area is 154 Å². The molecule has 0 spiro atoms. The summed E-state index contributed by atoms with van der Waals surface area (Å²) >= 11 is 0. The van der Waals surface area contributed by atoms with Crippen LogP contribution < -0.4 is 4.74 Å². The summed E-state index contributed by atoms with van der Waals surface area (Å²) in [5.74, 6) is 0.368. The van der Waals surface area contributed by atoms with Crippen molar-refractivity contribution in [1.82, 2.24) is 9.80 Å². The van der Waals surface area contributed by atoms with Crippen LogP contribution in [0.15, 0.2) is 30.0 Å². The number of hydrogen-bond acceptors (Lipinski definition) is 5. The molecule has 2 aliphatic heterocycles. The van der Waals surface area contributed by atoms with E-state index in [1.165, 1.54) is 4.90 Å². The summed E-state index contributed by atoms with van der Waals surface area (Å²) in [4.78, 5) is 29.3. The normalized spacial score (nSPS) is 18.1. The second-order valence-corrected chi connectivity index (χ2v) is 6.46. The van der Waals surface area contributed by atoms with E-state index in [9.17, 15) is 9.59 Å². The Morgan fingerprint density at radius 3 is 2.31 bits per heavy atom. The fourth-order valence-corrected chi connectivity index (χ4v) is 3.27. The minimum Gasteiger partial charge on any atom is -0.494 e. The first-order valence-electron chi connectivity index (χ1n) is 9.33. The average Bonchev–Trinajstić information content (AvgIpc) is 2.92. The van der Waals surface area contributed by atoms with Gasteiger partial charge in [0.1, 0.15) is 11.4 Å². The van der Waals surface area contributed by atoms with Gasteiger partial charge < -0.3 is 14.4 Å². The minimum atomic E-state index is -0.208. The zero-order valence-electron chi connectivity index (χ0n) is 15.5. The number of amides is 2. The highest BCUT2D eigenvalue weighted by atomic mass is 16.5. The fourth-order valence-electron chi connectivity index (χ4n) is 3.27. The Morgan fingerprint density at radius 2 is 1.69 bits per heavy atom. The minimum absolute atomic E-state index is 0.194. The molecule has 0 atom stereocenters. The average molecular weight is 358 g/mol. The SMILES string of the molecule is CCCOc1ccc(C2=C(N3CCOCC3)C(=O)N(CCC)C2=O)cc1. The molecule has 3 rings (SSSR count). The number of hydrogen-bond donors (Lipinski definition) is 0. The van der Waals surface area contributed by atoms with Crippen LogP contribution in [0.3, 0.4) is 0 Å².